The Hall–Kier alpha value is -1.82. The van der Waals surface area contributed by atoms with Crippen LogP contribution in [-0.2, 0) is 19.6 Å². The Labute approximate surface area is 148 Å². The number of hydrogen-bond donors (Lipinski definition) is 2. The Kier molecular flexibility index (Phi) is 5.78. The Morgan fingerprint density at radius 2 is 1.72 bits per heavy atom. The van der Waals surface area contributed by atoms with Crippen LogP contribution < -0.4 is 4.74 Å². The topological polar surface area (TPSA) is 66.1 Å². The molecule has 5 heteroatoms. The van der Waals surface area contributed by atoms with Gasteiger partial charge in [0.2, 0.25) is 0 Å². The van der Waals surface area contributed by atoms with Crippen LogP contribution >= 0.6 is 0 Å². The minimum atomic E-state index is -0.0600. The fourth-order valence-corrected chi connectivity index (χ4v) is 3.57. The smallest absolute Gasteiger partial charge is 0.129 e. The third kappa shape index (κ3) is 4.42. The molecule has 2 N–H and O–H groups in total. The molecule has 1 aliphatic rings. The van der Waals surface area contributed by atoms with Crippen molar-refractivity contribution in [2.24, 2.45) is 5.41 Å². The molecule has 1 aliphatic heterocycles. The molecule has 0 spiro atoms. The van der Waals surface area contributed by atoms with Gasteiger partial charge in [-0.3, -0.25) is 4.90 Å². The molecule has 0 saturated carbocycles. The first-order valence-corrected chi connectivity index (χ1v) is 8.81. The molecule has 0 amide bonds. The molecule has 5 nitrogen and oxygen atoms in total. The Morgan fingerprint density at radius 3 is 2.28 bits per heavy atom. The molecule has 2 heterocycles. The fraction of sp³-hybridized carbons (Fsp3) is 0.500. The van der Waals surface area contributed by atoms with Crippen molar-refractivity contribution in [3.63, 3.8) is 0 Å². The number of nitrogens with zero attached hydrogens (tertiary/aromatic N) is 1. The number of aliphatic hydroxyl groups is 2. The highest BCUT2D eigenvalue weighted by Crippen LogP contribution is 2.35. The van der Waals surface area contributed by atoms with E-state index in [-0.39, 0.29) is 18.6 Å². The standard InChI is InChI=1S/C20H27NO4/c1-24-17-4-2-16(3-5-17)12-20(15-23)8-10-21(11-9-20)13-18-6-7-19(14-22)25-18/h2-7,22-23H,8-15H2,1H3. The van der Waals surface area contributed by atoms with Gasteiger partial charge < -0.3 is 19.4 Å². The molecule has 1 saturated heterocycles. The summed E-state index contributed by atoms with van der Waals surface area (Å²) in [4.78, 5) is 2.35. The highest BCUT2D eigenvalue weighted by molar-refractivity contribution is 5.28. The van der Waals surface area contributed by atoms with Crippen molar-refractivity contribution in [1.82, 2.24) is 4.90 Å². The molecule has 1 aromatic heterocycles. The minimum absolute atomic E-state index is 0.0511. The monoisotopic (exact) mass is 345 g/mol. The summed E-state index contributed by atoms with van der Waals surface area (Å²) in [7, 11) is 1.67. The second-order valence-electron chi connectivity index (χ2n) is 6.99. The van der Waals surface area contributed by atoms with E-state index in [2.05, 4.69) is 17.0 Å². The maximum absolute atomic E-state index is 10.0. The molecule has 1 fully saturated rings. The number of furan rings is 1. The SMILES string of the molecule is COc1ccc(CC2(CO)CCN(Cc3ccc(CO)o3)CC2)cc1. The number of rotatable bonds is 7. The van der Waals surface area contributed by atoms with Crippen LogP contribution in [0, 0.1) is 5.41 Å². The molecule has 0 aliphatic carbocycles. The maximum atomic E-state index is 10.0. The van der Waals surface area contributed by atoms with Gasteiger partial charge in [0.05, 0.1) is 13.7 Å². The predicted octanol–water partition coefficient (Wildman–Crippen LogP) is 2.60. The molecular weight excluding hydrogens is 318 g/mol. The van der Waals surface area contributed by atoms with Crippen molar-refractivity contribution in [3.05, 3.63) is 53.5 Å². The summed E-state index contributed by atoms with van der Waals surface area (Å²) in [5.74, 6) is 2.35. The lowest BCUT2D eigenvalue weighted by atomic mass is 9.74. The first-order valence-electron chi connectivity index (χ1n) is 8.81. The zero-order valence-corrected chi connectivity index (χ0v) is 14.8. The van der Waals surface area contributed by atoms with Gasteiger partial charge in [0.25, 0.3) is 0 Å². The van der Waals surface area contributed by atoms with Crippen molar-refractivity contribution in [2.75, 3.05) is 26.8 Å². The lowest BCUT2D eigenvalue weighted by Gasteiger charge is -2.40. The molecule has 25 heavy (non-hydrogen) atoms. The highest BCUT2D eigenvalue weighted by Gasteiger charge is 2.34. The van der Waals surface area contributed by atoms with Crippen LogP contribution in [0.3, 0.4) is 0 Å². The molecule has 136 valence electrons. The van der Waals surface area contributed by atoms with Gasteiger partial charge in [-0.05, 0) is 67.6 Å². The second-order valence-corrected chi connectivity index (χ2v) is 6.99. The number of methoxy groups -OCH3 is 1. The largest absolute Gasteiger partial charge is 0.497 e. The van der Waals surface area contributed by atoms with Crippen LogP contribution in [0.25, 0.3) is 0 Å². The van der Waals surface area contributed by atoms with Crippen molar-refractivity contribution in [3.8, 4) is 5.75 Å². The number of benzene rings is 1. The number of aliphatic hydroxyl groups excluding tert-OH is 2. The van der Waals surface area contributed by atoms with Crippen LogP contribution in [0.15, 0.2) is 40.8 Å². The van der Waals surface area contributed by atoms with E-state index in [0.29, 0.717) is 5.76 Å². The molecule has 0 atom stereocenters. The van der Waals surface area contributed by atoms with Gasteiger partial charge in [0.1, 0.15) is 23.9 Å². The van der Waals surface area contributed by atoms with Crippen molar-refractivity contribution < 1.29 is 19.4 Å². The van der Waals surface area contributed by atoms with E-state index in [9.17, 15) is 5.11 Å². The zero-order chi connectivity index (χ0) is 17.7. The lowest BCUT2D eigenvalue weighted by molar-refractivity contribution is 0.0388. The summed E-state index contributed by atoms with van der Waals surface area (Å²) in [5, 5.41) is 19.1. The quantitative estimate of drug-likeness (QED) is 0.807. The molecule has 0 unspecified atom stereocenters. The summed E-state index contributed by atoms with van der Waals surface area (Å²) >= 11 is 0. The Balaban J connectivity index is 1.57. The number of ether oxygens (including phenoxy) is 1. The highest BCUT2D eigenvalue weighted by atomic mass is 16.5. The van der Waals surface area contributed by atoms with Gasteiger partial charge in [-0.15, -0.1) is 0 Å². The van der Waals surface area contributed by atoms with E-state index >= 15 is 0 Å². The average Bonchev–Trinajstić information content (AvgIpc) is 3.12. The summed E-state index contributed by atoms with van der Waals surface area (Å²) < 4.78 is 10.8. The van der Waals surface area contributed by atoms with Gasteiger partial charge in [-0.1, -0.05) is 12.1 Å². The van der Waals surface area contributed by atoms with Crippen LogP contribution in [0.1, 0.15) is 29.9 Å². The first-order chi connectivity index (χ1) is 12.2. The Morgan fingerprint density at radius 1 is 1.04 bits per heavy atom. The minimum Gasteiger partial charge on any atom is -0.497 e. The lowest BCUT2D eigenvalue weighted by Crippen LogP contribution is -2.42. The van der Waals surface area contributed by atoms with Crippen molar-refractivity contribution in [2.45, 2.75) is 32.4 Å². The van der Waals surface area contributed by atoms with Crippen LogP contribution in [0.2, 0.25) is 0 Å². The first kappa shape index (κ1) is 18.0. The van der Waals surface area contributed by atoms with E-state index in [0.717, 1.165) is 50.4 Å². The molecule has 1 aromatic carbocycles. The molecule has 2 aromatic rings. The van der Waals surface area contributed by atoms with E-state index in [4.69, 9.17) is 14.3 Å². The van der Waals surface area contributed by atoms with Crippen LogP contribution in [0.5, 0.6) is 5.75 Å². The van der Waals surface area contributed by atoms with Gasteiger partial charge >= 0.3 is 0 Å². The molecular formula is C20H27NO4. The van der Waals surface area contributed by atoms with Gasteiger partial charge in [0.15, 0.2) is 0 Å². The molecule has 0 bridgehead atoms. The zero-order valence-electron chi connectivity index (χ0n) is 14.8. The van der Waals surface area contributed by atoms with E-state index in [1.807, 2.05) is 24.3 Å². The maximum Gasteiger partial charge on any atom is 0.129 e. The fourth-order valence-electron chi connectivity index (χ4n) is 3.57. The number of hydrogen-bond acceptors (Lipinski definition) is 5. The predicted molar refractivity (Wildman–Crippen MR) is 95.4 cm³/mol. The summed E-state index contributed by atoms with van der Waals surface area (Å²) in [6, 6.07) is 11.9. The van der Waals surface area contributed by atoms with Crippen LogP contribution in [-0.4, -0.2) is 41.9 Å². The van der Waals surface area contributed by atoms with Gasteiger partial charge in [0, 0.05) is 6.61 Å². The number of likely N-dealkylation sites (tertiary alicyclic amines) is 1. The molecule has 3 rings (SSSR count). The summed E-state index contributed by atoms with van der Waals surface area (Å²) in [6.45, 7) is 2.78. The van der Waals surface area contributed by atoms with Gasteiger partial charge in [-0.25, -0.2) is 0 Å². The number of piperidine rings is 1. The van der Waals surface area contributed by atoms with Gasteiger partial charge in [-0.2, -0.15) is 0 Å². The van der Waals surface area contributed by atoms with E-state index < -0.39 is 0 Å². The van der Waals surface area contributed by atoms with Crippen LogP contribution in [0.4, 0.5) is 0 Å². The van der Waals surface area contributed by atoms with Crippen molar-refractivity contribution in [1.29, 1.82) is 0 Å². The Bertz CT molecular complexity index is 657. The average molecular weight is 345 g/mol. The normalized spacial score (nSPS) is 17.6. The second kappa shape index (κ2) is 8.04. The summed E-state index contributed by atoms with van der Waals surface area (Å²) in [6.07, 6.45) is 2.81. The summed E-state index contributed by atoms with van der Waals surface area (Å²) in [5.41, 5.74) is 1.19. The van der Waals surface area contributed by atoms with E-state index in [1.54, 1.807) is 7.11 Å². The van der Waals surface area contributed by atoms with E-state index in [1.165, 1.54) is 5.56 Å². The van der Waals surface area contributed by atoms with Crippen molar-refractivity contribution >= 4 is 0 Å². The third-order valence-corrected chi connectivity index (χ3v) is 5.24. The third-order valence-electron chi connectivity index (χ3n) is 5.24. The molecule has 0 radical (unpaired) electrons.